The first-order chi connectivity index (χ1) is 14.6. The van der Waals surface area contributed by atoms with Crippen LogP contribution in [0.1, 0.15) is 23.4 Å². The van der Waals surface area contributed by atoms with Crippen molar-refractivity contribution in [2.24, 2.45) is 0 Å². The summed E-state index contributed by atoms with van der Waals surface area (Å²) in [5.41, 5.74) is 2.47. The van der Waals surface area contributed by atoms with Crippen LogP contribution in [0.5, 0.6) is 5.75 Å². The summed E-state index contributed by atoms with van der Waals surface area (Å²) in [5, 5.41) is 7.80. The number of carbonyl (C=O) groups is 1. The molecule has 0 aliphatic heterocycles. The second-order valence-corrected chi connectivity index (χ2v) is 7.87. The fourth-order valence-electron chi connectivity index (χ4n) is 2.97. The van der Waals surface area contributed by atoms with Crippen LogP contribution < -0.4 is 10.1 Å². The summed E-state index contributed by atoms with van der Waals surface area (Å²) in [5.74, 6) is -0.0305. The lowest BCUT2D eigenvalue weighted by atomic mass is 10.1. The van der Waals surface area contributed by atoms with Gasteiger partial charge in [-0.3, -0.25) is 4.79 Å². The van der Waals surface area contributed by atoms with Crippen LogP contribution in [0, 0.1) is 13.8 Å². The summed E-state index contributed by atoms with van der Waals surface area (Å²) in [6.45, 7) is 2.22. The number of alkyl halides is 3. The van der Waals surface area contributed by atoms with Crippen molar-refractivity contribution in [3.8, 4) is 5.75 Å². The van der Waals surface area contributed by atoms with Crippen LogP contribution >= 0.6 is 23.4 Å². The molecule has 0 bridgehead atoms. The van der Waals surface area contributed by atoms with Crippen LogP contribution in [0.4, 0.5) is 18.9 Å². The Hall–Kier alpha value is -2.53. The number of anilines is 1. The Morgan fingerprint density at radius 2 is 2.03 bits per heavy atom. The summed E-state index contributed by atoms with van der Waals surface area (Å²) in [7, 11) is 0. The molecule has 0 radical (unpaired) electrons. The van der Waals surface area contributed by atoms with Crippen molar-refractivity contribution in [3.05, 3.63) is 40.2 Å². The predicted octanol–water partition coefficient (Wildman–Crippen LogP) is 4.63. The highest BCUT2D eigenvalue weighted by atomic mass is 35.5. The average molecular weight is 474 g/mol. The molecule has 2 heterocycles. The number of carbonyl (C=O) groups excluding carboxylic acids is 1. The van der Waals surface area contributed by atoms with Gasteiger partial charge in [-0.2, -0.15) is 18.2 Å². The number of amides is 1. The summed E-state index contributed by atoms with van der Waals surface area (Å²) >= 11 is 7.32. The fourth-order valence-corrected chi connectivity index (χ4v) is 3.48. The third kappa shape index (κ3) is 5.79. The van der Waals surface area contributed by atoms with Crippen LogP contribution in [0.15, 0.2) is 23.4 Å². The monoisotopic (exact) mass is 473 g/mol. The predicted molar refractivity (Wildman–Crippen MR) is 112 cm³/mol. The highest BCUT2D eigenvalue weighted by molar-refractivity contribution is 7.98. The second kappa shape index (κ2) is 9.31. The van der Waals surface area contributed by atoms with Gasteiger partial charge < -0.3 is 10.1 Å². The molecule has 0 saturated carbocycles. The number of nitrogens with one attached hydrogen (secondary N) is 1. The Morgan fingerprint density at radius 1 is 1.29 bits per heavy atom. The maximum atomic E-state index is 12.5. The summed E-state index contributed by atoms with van der Waals surface area (Å²) < 4.78 is 43.9. The number of halogens is 4. The molecular formula is C19H19ClF3N5O2S. The average Bonchev–Trinajstić information content (AvgIpc) is 3.09. The van der Waals surface area contributed by atoms with Crippen LogP contribution in [-0.4, -0.2) is 44.5 Å². The van der Waals surface area contributed by atoms with Crippen molar-refractivity contribution in [1.82, 2.24) is 19.6 Å². The van der Waals surface area contributed by atoms with E-state index in [4.69, 9.17) is 16.3 Å². The minimum atomic E-state index is -4.50. The molecule has 0 fully saturated rings. The highest BCUT2D eigenvalue weighted by Gasteiger charge is 2.29. The number of nitrogens with zero attached hydrogens (tertiary/aromatic N) is 4. The summed E-state index contributed by atoms with van der Waals surface area (Å²) in [6.07, 6.45) is -2.20. The molecule has 0 aliphatic carbocycles. The molecule has 0 atom stereocenters. The van der Waals surface area contributed by atoms with Crippen LogP contribution in [0.2, 0.25) is 5.02 Å². The normalized spacial score (nSPS) is 11.7. The van der Waals surface area contributed by atoms with E-state index in [-0.39, 0.29) is 22.9 Å². The Bertz CT molecular complexity index is 1120. The zero-order valence-electron chi connectivity index (χ0n) is 16.9. The lowest BCUT2D eigenvalue weighted by Crippen LogP contribution is -2.20. The molecule has 12 heteroatoms. The number of aryl methyl sites for hydroxylation is 2. The van der Waals surface area contributed by atoms with E-state index in [9.17, 15) is 18.0 Å². The van der Waals surface area contributed by atoms with Crippen LogP contribution in [0.3, 0.4) is 0 Å². The van der Waals surface area contributed by atoms with Crippen LogP contribution in [-0.2, 0) is 11.2 Å². The molecule has 2 aromatic heterocycles. The lowest BCUT2D eigenvalue weighted by molar-refractivity contribution is -0.153. The number of thioether (sulfide) groups is 1. The van der Waals surface area contributed by atoms with Gasteiger partial charge in [0.1, 0.15) is 5.75 Å². The van der Waals surface area contributed by atoms with Crippen molar-refractivity contribution in [3.63, 3.8) is 0 Å². The van der Waals surface area contributed by atoms with Gasteiger partial charge >= 0.3 is 6.18 Å². The van der Waals surface area contributed by atoms with Gasteiger partial charge in [-0.05, 0) is 50.3 Å². The topological polar surface area (TPSA) is 81.4 Å². The first-order valence-corrected chi connectivity index (χ1v) is 10.7. The second-order valence-electron chi connectivity index (χ2n) is 6.66. The molecule has 7 nitrogen and oxygen atoms in total. The van der Waals surface area contributed by atoms with Gasteiger partial charge in [-0.25, -0.2) is 9.50 Å². The fraction of sp³-hybridized carbons (Fsp3) is 0.368. The summed E-state index contributed by atoms with van der Waals surface area (Å²) in [4.78, 5) is 21.3. The largest absolute Gasteiger partial charge is 0.482 e. The molecule has 1 amide bonds. The molecule has 3 rings (SSSR count). The van der Waals surface area contributed by atoms with Crippen LogP contribution in [0.25, 0.3) is 5.78 Å². The maximum absolute atomic E-state index is 12.5. The van der Waals surface area contributed by atoms with E-state index < -0.39 is 18.7 Å². The van der Waals surface area contributed by atoms with E-state index in [0.29, 0.717) is 17.4 Å². The van der Waals surface area contributed by atoms with Gasteiger partial charge in [0.05, 0.1) is 5.69 Å². The summed E-state index contributed by atoms with van der Waals surface area (Å²) in [6, 6.07) is 4.01. The number of hydrogen-bond acceptors (Lipinski definition) is 6. The molecule has 1 aromatic carbocycles. The zero-order chi connectivity index (χ0) is 22.8. The Kier molecular flexibility index (Phi) is 6.95. The molecular weight excluding hydrogens is 455 g/mol. The van der Waals surface area contributed by atoms with Gasteiger partial charge in [0.25, 0.3) is 5.78 Å². The van der Waals surface area contributed by atoms with E-state index in [1.165, 1.54) is 30.0 Å². The first-order valence-electron chi connectivity index (χ1n) is 9.13. The van der Waals surface area contributed by atoms with Crippen molar-refractivity contribution in [2.45, 2.75) is 38.0 Å². The van der Waals surface area contributed by atoms with E-state index in [2.05, 4.69) is 20.4 Å². The van der Waals surface area contributed by atoms with Crippen molar-refractivity contribution >= 4 is 40.7 Å². The smallest absolute Gasteiger partial charge is 0.422 e. The third-order valence-electron chi connectivity index (χ3n) is 4.42. The quantitative estimate of drug-likeness (QED) is 0.504. The SMILES string of the molecule is CSc1nc2nc(C)c(CCC(=O)Nc3cc(Cl)ccc3OCC(F)(F)F)c(C)n2n1. The van der Waals surface area contributed by atoms with Crippen molar-refractivity contribution < 1.29 is 22.7 Å². The third-order valence-corrected chi connectivity index (χ3v) is 5.19. The number of aromatic nitrogens is 4. The Morgan fingerprint density at radius 3 is 2.71 bits per heavy atom. The zero-order valence-corrected chi connectivity index (χ0v) is 18.5. The number of ether oxygens (including phenoxy) is 1. The van der Waals surface area contributed by atoms with E-state index in [1.807, 2.05) is 20.1 Å². The van der Waals surface area contributed by atoms with E-state index in [0.717, 1.165) is 17.0 Å². The molecule has 0 saturated heterocycles. The molecule has 3 aromatic rings. The first kappa shape index (κ1) is 23.1. The Balaban J connectivity index is 1.73. The van der Waals surface area contributed by atoms with E-state index in [1.54, 1.807) is 4.52 Å². The number of hydrogen-bond donors (Lipinski definition) is 1. The maximum Gasteiger partial charge on any atom is 0.422 e. The molecule has 0 aliphatic rings. The Labute approximate surface area is 185 Å². The lowest BCUT2D eigenvalue weighted by Gasteiger charge is -2.15. The highest BCUT2D eigenvalue weighted by Crippen LogP contribution is 2.30. The van der Waals surface area contributed by atoms with Crippen molar-refractivity contribution in [1.29, 1.82) is 0 Å². The van der Waals surface area contributed by atoms with E-state index >= 15 is 0 Å². The number of fused-ring (bicyclic) bond motifs is 1. The van der Waals surface area contributed by atoms with Gasteiger partial charge in [0.2, 0.25) is 11.1 Å². The molecule has 0 spiro atoms. The minimum absolute atomic E-state index is 0.0736. The molecule has 0 unspecified atom stereocenters. The van der Waals surface area contributed by atoms with Gasteiger partial charge in [0.15, 0.2) is 6.61 Å². The minimum Gasteiger partial charge on any atom is -0.482 e. The van der Waals surface area contributed by atoms with Gasteiger partial charge in [-0.15, -0.1) is 5.10 Å². The van der Waals surface area contributed by atoms with Gasteiger partial charge in [0, 0.05) is 22.8 Å². The number of benzene rings is 1. The standard InChI is InChI=1S/C19H19ClF3N5O2S/c1-10-13(11(2)28-17(24-10)26-18(27-28)31-3)5-7-16(29)25-14-8-12(20)4-6-15(14)30-9-19(21,22)23/h4,6,8H,5,7,9H2,1-3H3,(H,25,29). The molecule has 166 valence electrons. The molecule has 1 N–H and O–H groups in total. The number of rotatable bonds is 7. The molecule has 31 heavy (non-hydrogen) atoms. The van der Waals surface area contributed by atoms with Crippen molar-refractivity contribution in [2.75, 3.05) is 18.2 Å². The van der Waals surface area contributed by atoms with Gasteiger partial charge in [-0.1, -0.05) is 23.4 Å².